The van der Waals surface area contributed by atoms with Gasteiger partial charge >= 0.3 is 27.6 Å². The number of hydrogen-bond donors (Lipinski definition) is 5. The van der Waals surface area contributed by atoms with Crippen molar-refractivity contribution in [2.45, 2.75) is 212 Å². The van der Waals surface area contributed by atoms with Crippen molar-refractivity contribution < 1.29 is 71.4 Å². The Bertz CT molecular complexity index is 1450. The molecule has 0 aliphatic heterocycles. The second kappa shape index (κ2) is 47.1. The maximum atomic E-state index is 12.2. The van der Waals surface area contributed by atoms with Crippen molar-refractivity contribution in [3.63, 3.8) is 0 Å². The van der Waals surface area contributed by atoms with Crippen LogP contribution >= 0.6 is 15.6 Å². The van der Waals surface area contributed by atoms with E-state index < -0.39 is 85.5 Å². The smallest absolute Gasteiger partial charge is 0.463 e. The zero-order valence-corrected chi connectivity index (χ0v) is 43.5. The SMILES string of the molecule is CC/C=C/C=C/C=C\C=C/C=C/CCCCCC(=O)OCC(O)COP(=O)(O)OCC(O)COP(=O)(O)OCC(O)COC(=O)CCCCCCCCCCCCCCCCCCCCCCC. The van der Waals surface area contributed by atoms with Gasteiger partial charge in [0.05, 0.1) is 26.4 Å². The van der Waals surface area contributed by atoms with Gasteiger partial charge in [-0.25, -0.2) is 9.13 Å². The van der Waals surface area contributed by atoms with Crippen molar-refractivity contribution in [1.82, 2.24) is 0 Å². The molecule has 5 atom stereocenters. The summed E-state index contributed by atoms with van der Waals surface area (Å²) in [7, 11) is -9.59. The Hall–Kier alpha value is -2.26. The third kappa shape index (κ3) is 48.8. The van der Waals surface area contributed by atoms with Gasteiger partial charge in [-0.3, -0.25) is 27.7 Å². The molecule has 17 heteroatoms. The van der Waals surface area contributed by atoms with Gasteiger partial charge in [-0.2, -0.15) is 0 Å². The average molecular weight is 1010 g/mol. The summed E-state index contributed by atoms with van der Waals surface area (Å²) in [5.74, 6) is -1.03. The lowest BCUT2D eigenvalue weighted by Gasteiger charge is -2.19. The number of esters is 2. The van der Waals surface area contributed by atoms with Gasteiger partial charge in [0.25, 0.3) is 0 Å². The molecule has 0 heterocycles. The molecule has 0 rings (SSSR count). The van der Waals surface area contributed by atoms with Crippen LogP contribution in [-0.2, 0) is 46.3 Å². The third-order valence-electron chi connectivity index (χ3n) is 10.6. The number of ether oxygens (including phenoxy) is 2. The van der Waals surface area contributed by atoms with Crippen LogP contribution in [0.15, 0.2) is 60.8 Å². The number of carbonyl (C=O) groups is 2. The quantitative estimate of drug-likeness (QED) is 0.0165. The van der Waals surface area contributed by atoms with E-state index in [9.17, 15) is 43.8 Å². The maximum Gasteiger partial charge on any atom is 0.472 e. The van der Waals surface area contributed by atoms with Crippen molar-refractivity contribution in [2.24, 2.45) is 0 Å². The maximum absolute atomic E-state index is 12.2. The Balaban J connectivity index is 3.87. The first-order valence-corrected chi connectivity index (χ1v) is 28.7. The number of carbonyl (C=O) groups excluding carboxylic acids is 2. The minimum absolute atomic E-state index is 0.145. The van der Waals surface area contributed by atoms with E-state index in [2.05, 4.69) is 33.5 Å². The van der Waals surface area contributed by atoms with E-state index >= 15 is 0 Å². The van der Waals surface area contributed by atoms with E-state index in [1.165, 1.54) is 109 Å². The van der Waals surface area contributed by atoms with Gasteiger partial charge in [-0.05, 0) is 32.1 Å². The zero-order valence-electron chi connectivity index (χ0n) is 41.8. The Kier molecular flexibility index (Phi) is 45.5. The van der Waals surface area contributed by atoms with Gasteiger partial charge in [0.2, 0.25) is 0 Å². The van der Waals surface area contributed by atoms with Gasteiger partial charge in [0.1, 0.15) is 31.5 Å². The Morgan fingerprint density at radius 3 is 1.01 bits per heavy atom. The van der Waals surface area contributed by atoms with Crippen LogP contribution in [0.4, 0.5) is 0 Å². The Morgan fingerprint density at radius 2 is 0.676 bits per heavy atom. The summed E-state index contributed by atoms with van der Waals surface area (Å²) in [6.07, 6.45) is 46.4. The fourth-order valence-electron chi connectivity index (χ4n) is 6.65. The van der Waals surface area contributed by atoms with Crippen LogP contribution < -0.4 is 0 Å². The first-order chi connectivity index (χ1) is 32.8. The minimum atomic E-state index is -4.80. The first-order valence-electron chi connectivity index (χ1n) is 25.7. The molecule has 0 fully saturated rings. The van der Waals surface area contributed by atoms with E-state index in [0.717, 1.165) is 44.9 Å². The van der Waals surface area contributed by atoms with Crippen LogP contribution in [0.1, 0.15) is 194 Å². The molecule has 0 aliphatic rings. The number of phosphoric acid groups is 2. The second-order valence-electron chi connectivity index (χ2n) is 17.3. The van der Waals surface area contributed by atoms with Crippen LogP contribution in [0.25, 0.3) is 0 Å². The molecule has 5 unspecified atom stereocenters. The molecule has 0 aromatic carbocycles. The summed E-state index contributed by atoms with van der Waals surface area (Å²) in [5.41, 5.74) is 0. The Labute approximate surface area is 410 Å². The van der Waals surface area contributed by atoms with Crippen LogP contribution in [0, 0.1) is 0 Å². The van der Waals surface area contributed by atoms with E-state index in [-0.39, 0.29) is 12.8 Å². The molecule has 0 saturated heterocycles. The third-order valence-corrected chi connectivity index (χ3v) is 12.5. The highest BCUT2D eigenvalue weighted by atomic mass is 31.2. The molecule has 68 heavy (non-hydrogen) atoms. The number of allylic oxidation sites excluding steroid dienone is 10. The number of rotatable bonds is 49. The Morgan fingerprint density at radius 1 is 0.397 bits per heavy atom. The predicted octanol–water partition coefficient (Wildman–Crippen LogP) is 12.2. The lowest BCUT2D eigenvalue weighted by Crippen LogP contribution is -2.25. The molecule has 0 spiro atoms. The fourth-order valence-corrected chi connectivity index (χ4v) is 8.24. The highest BCUT2D eigenvalue weighted by Gasteiger charge is 2.28. The van der Waals surface area contributed by atoms with E-state index in [4.69, 9.17) is 14.0 Å². The predicted molar refractivity (Wildman–Crippen MR) is 270 cm³/mol. The summed E-state index contributed by atoms with van der Waals surface area (Å²) in [6, 6.07) is 0. The molecule has 396 valence electrons. The number of unbranched alkanes of at least 4 members (excludes halogenated alkanes) is 23. The molecule has 0 saturated carbocycles. The summed E-state index contributed by atoms with van der Waals surface area (Å²) >= 11 is 0. The highest BCUT2D eigenvalue weighted by Crippen LogP contribution is 2.45. The number of aliphatic hydroxyl groups is 3. The number of aliphatic hydroxyl groups excluding tert-OH is 3. The monoisotopic (exact) mass is 1010 g/mol. The second-order valence-corrected chi connectivity index (χ2v) is 20.2. The molecule has 0 radical (unpaired) electrons. The van der Waals surface area contributed by atoms with Gasteiger partial charge in [-0.1, -0.05) is 209 Å². The lowest BCUT2D eigenvalue weighted by molar-refractivity contribution is -0.148. The van der Waals surface area contributed by atoms with Crippen LogP contribution in [0.5, 0.6) is 0 Å². The van der Waals surface area contributed by atoms with Crippen LogP contribution in [-0.4, -0.2) is 95.0 Å². The van der Waals surface area contributed by atoms with E-state index in [1.54, 1.807) is 0 Å². The molecule has 0 aliphatic carbocycles. The van der Waals surface area contributed by atoms with Crippen molar-refractivity contribution in [3.8, 4) is 0 Å². The summed E-state index contributed by atoms with van der Waals surface area (Å²) in [6.45, 7) is 0.244. The molecule has 5 N–H and O–H groups in total. The minimum Gasteiger partial charge on any atom is -0.463 e. The summed E-state index contributed by atoms with van der Waals surface area (Å²) in [4.78, 5) is 43.8. The number of hydrogen-bond acceptors (Lipinski definition) is 13. The number of phosphoric ester groups is 2. The van der Waals surface area contributed by atoms with Crippen LogP contribution in [0.3, 0.4) is 0 Å². The normalized spacial score (nSPS) is 15.5. The van der Waals surface area contributed by atoms with Crippen molar-refractivity contribution in [3.05, 3.63) is 60.8 Å². The van der Waals surface area contributed by atoms with Crippen LogP contribution in [0.2, 0.25) is 0 Å². The first kappa shape index (κ1) is 65.7. The molecule has 15 nitrogen and oxygen atoms in total. The summed E-state index contributed by atoms with van der Waals surface area (Å²) in [5, 5.41) is 30.1. The lowest BCUT2D eigenvalue weighted by atomic mass is 10.0. The van der Waals surface area contributed by atoms with Crippen molar-refractivity contribution in [2.75, 3.05) is 39.6 Å². The van der Waals surface area contributed by atoms with Gasteiger partial charge in [-0.15, -0.1) is 0 Å². The fraction of sp³-hybridized carbons (Fsp3) is 0.765. The van der Waals surface area contributed by atoms with Gasteiger partial charge < -0.3 is 34.6 Å². The zero-order chi connectivity index (χ0) is 50.2. The molecular weight excluding hydrogens is 914 g/mol. The topological polar surface area (TPSA) is 225 Å². The van der Waals surface area contributed by atoms with Gasteiger partial charge in [0.15, 0.2) is 0 Å². The van der Waals surface area contributed by atoms with Gasteiger partial charge in [0, 0.05) is 12.8 Å². The van der Waals surface area contributed by atoms with Crippen molar-refractivity contribution >= 4 is 27.6 Å². The molecule has 0 amide bonds. The average Bonchev–Trinajstić information content (AvgIpc) is 3.31. The largest absolute Gasteiger partial charge is 0.472 e. The molecule has 0 aromatic rings. The molecule has 0 aromatic heterocycles. The summed E-state index contributed by atoms with van der Waals surface area (Å²) < 4.78 is 53.0. The van der Waals surface area contributed by atoms with Crippen molar-refractivity contribution in [1.29, 1.82) is 0 Å². The van der Waals surface area contributed by atoms with E-state index in [0.29, 0.717) is 12.8 Å². The standard InChI is InChI=1S/C51H92O15P2/c1-3-5-7-9-11-13-15-17-19-20-21-22-23-24-26-28-30-32-34-36-38-40-51(56)62-42-48(53)44-64-68(59,60)66-46-49(54)45-65-67(57,58)63-43-47(52)41-61-50(55)39-37-35-33-31-29-27-25-18-16-14-12-10-8-6-4-2/h6,8,10,12,14,16,18,25,27,29,47-49,52-54H,3-5,7,9,11,13,15,17,19-24,26,28,30-46H2,1-2H3,(H,57,58)(H,59,60)/b8-6+,12-10+,16-14-,25-18-,29-27+. The molecule has 0 bridgehead atoms. The highest BCUT2D eigenvalue weighted by molar-refractivity contribution is 7.47. The molecular formula is C51H92O15P2. The van der Waals surface area contributed by atoms with E-state index in [1.807, 2.05) is 54.7 Å².